The van der Waals surface area contributed by atoms with Crippen LogP contribution in [-0.4, -0.2) is 10.9 Å². The number of allylic oxidation sites excluding steroid dienone is 2. The summed E-state index contributed by atoms with van der Waals surface area (Å²) in [6.45, 7) is 5.21. The van der Waals surface area contributed by atoms with Crippen molar-refractivity contribution in [2.24, 2.45) is 0 Å². The van der Waals surface area contributed by atoms with E-state index in [1.807, 2.05) is 12.1 Å². The van der Waals surface area contributed by atoms with Crippen LogP contribution in [0.1, 0.15) is 43.6 Å². The minimum atomic E-state index is 0.780. The van der Waals surface area contributed by atoms with E-state index in [2.05, 4.69) is 47.1 Å². The van der Waals surface area contributed by atoms with Gasteiger partial charge in [-0.15, -0.1) is 0 Å². The first-order valence-corrected chi connectivity index (χ1v) is 6.75. The lowest BCUT2D eigenvalue weighted by molar-refractivity contribution is 0.111. The number of aromatic nitrogens is 1. The van der Waals surface area contributed by atoms with Gasteiger partial charge in [-0.3, -0.25) is 4.79 Å². The lowest BCUT2D eigenvalue weighted by atomic mass is 10.1. The fourth-order valence-electron chi connectivity index (χ4n) is 1.79. The molecule has 0 amide bonds. The minimum Gasteiger partial charge on any atom is -0.334 e. The van der Waals surface area contributed by atoms with Crippen LogP contribution < -0.4 is 0 Å². The molecule has 3 heteroatoms. The Hall–Kier alpha value is -0.580. The summed E-state index contributed by atoms with van der Waals surface area (Å²) in [5.41, 5.74) is 2.28. The Bertz CT molecular complexity index is 379. The number of carbonyl (C=O) groups excluding carboxylic acids is 1. The molecule has 88 valence electrons. The highest BCUT2D eigenvalue weighted by atomic mass is 127. The Balaban J connectivity index is 2.54. The van der Waals surface area contributed by atoms with Gasteiger partial charge in [0, 0.05) is 6.54 Å². The van der Waals surface area contributed by atoms with Crippen LogP contribution in [-0.2, 0) is 6.54 Å². The number of hydrogen-bond acceptors (Lipinski definition) is 1. The zero-order valence-corrected chi connectivity index (χ0v) is 12.0. The number of hydrogen-bond donors (Lipinski definition) is 0. The van der Waals surface area contributed by atoms with E-state index in [9.17, 15) is 4.79 Å². The van der Waals surface area contributed by atoms with Crippen molar-refractivity contribution in [2.45, 2.75) is 39.7 Å². The van der Waals surface area contributed by atoms with E-state index in [0.29, 0.717) is 0 Å². The van der Waals surface area contributed by atoms with E-state index in [1.165, 1.54) is 5.57 Å². The second kappa shape index (κ2) is 6.89. The van der Waals surface area contributed by atoms with Gasteiger partial charge in [0.25, 0.3) is 0 Å². The molecule has 0 saturated heterocycles. The lowest BCUT2D eigenvalue weighted by Crippen LogP contribution is -2.04. The number of carbonyl (C=O) groups is 1. The molecule has 1 heterocycles. The highest BCUT2D eigenvalue weighted by Crippen LogP contribution is 2.14. The molecule has 0 unspecified atom stereocenters. The van der Waals surface area contributed by atoms with Gasteiger partial charge in [0.05, 0.1) is 9.39 Å². The second-order valence-corrected chi connectivity index (χ2v) is 4.86. The third-order valence-electron chi connectivity index (χ3n) is 2.82. The molecular weight excluding hydrogens is 313 g/mol. The van der Waals surface area contributed by atoms with Gasteiger partial charge in [-0.2, -0.15) is 0 Å². The summed E-state index contributed by atoms with van der Waals surface area (Å²) in [6.07, 6.45) is 6.47. The molecular formula is C13H18INO. The van der Waals surface area contributed by atoms with Crippen molar-refractivity contribution in [1.29, 1.82) is 0 Å². The molecule has 0 aliphatic heterocycles. The van der Waals surface area contributed by atoms with Crippen molar-refractivity contribution in [3.63, 3.8) is 0 Å². The molecule has 1 aromatic heterocycles. The van der Waals surface area contributed by atoms with Crippen molar-refractivity contribution < 1.29 is 4.79 Å². The summed E-state index contributed by atoms with van der Waals surface area (Å²) in [6, 6.07) is 3.87. The Morgan fingerprint density at radius 1 is 1.50 bits per heavy atom. The van der Waals surface area contributed by atoms with Gasteiger partial charge < -0.3 is 4.57 Å². The molecule has 1 rings (SSSR count). The number of aldehydes is 1. The molecule has 0 aliphatic carbocycles. The standard InChI is InChI=1S/C13H18INO/c1-3-11(4-2)6-5-9-15-12(10-16)7-8-13(15)14/h3,7-8,10H,4-6,9H2,1-2H3/b11-3+. The van der Waals surface area contributed by atoms with Gasteiger partial charge in [0.2, 0.25) is 0 Å². The van der Waals surface area contributed by atoms with Crippen LogP contribution in [0.15, 0.2) is 23.8 Å². The van der Waals surface area contributed by atoms with E-state index < -0.39 is 0 Å². The van der Waals surface area contributed by atoms with Crippen LogP contribution in [0.3, 0.4) is 0 Å². The maximum Gasteiger partial charge on any atom is 0.166 e. The minimum absolute atomic E-state index is 0.780. The maximum atomic E-state index is 10.8. The van der Waals surface area contributed by atoms with Gasteiger partial charge in [-0.25, -0.2) is 0 Å². The topological polar surface area (TPSA) is 22.0 Å². The number of nitrogens with zero attached hydrogens (tertiary/aromatic N) is 1. The van der Waals surface area contributed by atoms with Crippen molar-refractivity contribution in [1.82, 2.24) is 4.57 Å². The first-order valence-electron chi connectivity index (χ1n) is 5.67. The quantitative estimate of drug-likeness (QED) is 0.438. The molecule has 0 N–H and O–H groups in total. The normalized spacial score (nSPS) is 11.8. The molecule has 0 aliphatic rings. The van der Waals surface area contributed by atoms with E-state index in [-0.39, 0.29) is 0 Å². The molecule has 0 radical (unpaired) electrons. The highest BCUT2D eigenvalue weighted by Gasteiger charge is 2.04. The summed E-state index contributed by atoms with van der Waals surface area (Å²) < 4.78 is 3.22. The fourth-order valence-corrected chi connectivity index (χ4v) is 2.49. The van der Waals surface area contributed by atoms with Crippen molar-refractivity contribution in [3.8, 4) is 0 Å². The maximum absolute atomic E-state index is 10.8. The van der Waals surface area contributed by atoms with Gasteiger partial charge in [0.15, 0.2) is 6.29 Å². The smallest absolute Gasteiger partial charge is 0.166 e. The Morgan fingerprint density at radius 3 is 2.81 bits per heavy atom. The van der Waals surface area contributed by atoms with E-state index in [1.54, 1.807) is 0 Å². The molecule has 0 bridgehead atoms. The zero-order valence-electron chi connectivity index (χ0n) is 9.87. The van der Waals surface area contributed by atoms with Gasteiger partial charge in [0.1, 0.15) is 0 Å². The van der Waals surface area contributed by atoms with Gasteiger partial charge in [-0.05, 0) is 60.9 Å². The molecule has 0 aromatic carbocycles. The average Bonchev–Trinajstić information content (AvgIpc) is 2.66. The molecule has 0 atom stereocenters. The Kier molecular flexibility index (Phi) is 5.80. The van der Waals surface area contributed by atoms with Gasteiger partial charge in [-0.1, -0.05) is 18.6 Å². The summed E-state index contributed by atoms with van der Waals surface area (Å²) in [5, 5.41) is 0. The Morgan fingerprint density at radius 2 is 2.25 bits per heavy atom. The molecule has 0 spiro atoms. The SMILES string of the molecule is C/C=C(\CC)CCCn1c(I)ccc1C=O. The van der Waals surface area contributed by atoms with Crippen molar-refractivity contribution in [2.75, 3.05) is 0 Å². The molecule has 0 saturated carbocycles. The molecule has 0 fully saturated rings. The van der Waals surface area contributed by atoms with Crippen LogP contribution >= 0.6 is 22.6 Å². The summed E-state index contributed by atoms with van der Waals surface area (Å²) in [4.78, 5) is 10.8. The van der Waals surface area contributed by atoms with Crippen LogP contribution in [0.2, 0.25) is 0 Å². The second-order valence-electron chi connectivity index (χ2n) is 3.75. The molecule has 16 heavy (non-hydrogen) atoms. The summed E-state index contributed by atoms with van der Waals surface area (Å²) in [5.74, 6) is 0. The highest BCUT2D eigenvalue weighted by molar-refractivity contribution is 14.1. The predicted octanol–water partition coefficient (Wildman–Crippen LogP) is 4.04. The molecule has 1 aromatic rings. The van der Waals surface area contributed by atoms with E-state index >= 15 is 0 Å². The van der Waals surface area contributed by atoms with Gasteiger partial charge >= 0.3 is 0 Å². The third-order valence-corrected chi connectivity index (χ3v) is 3.77. The average molecular weight is 331 g/mol. The number of halogens is 1. The predicted molar refractivity (Wildman–Crippen MR) is 75.8 cm³/mol. The fraction of sp³-hybridized carbons (Fsp3) is 0.462. The third kappa shape index (κ3) is 3.47. The monoisotopic (exact) mass is 331 g/mol. The largest absolute Gasteiger partial charge is 0.334 e. The van der Waals surface area contributed by atoms with Crippen molar-refractivity contribution >= 4 is 28.9 Å². The van der Waals surface area contributed by atoms with Crippen LogP contribution in [0, 0.1) is 3.70 Å². The van der Waals surface area contributed by atoms with E-state index in [0.717, 1.165) is 41.5 Å². The van der Waals surface area contributed by atoms with Crippen LogP contribution in [0.25, 0.3) is 0 Å². The first-order chi connectivity index (χ1) is 7.72. The summed E-state index contributed by atoms with van der Waals surface area (Å²) in [7, 11) is 0. The van der Waals surface area contributed by atoms with Crippen molar-refractivity contribution in [3.05, 3.63) is 33.2 Å². The first kappa shape index (κ1) is 13.5. The lowest BCUT2D eigenvalue weighted by Gasteiger charge is -2.08. The van der Waals surface area contributed by atoms with Crippen LogP contribution in [0.5, 0.6) is 0 Å². The molecule has 2 nitrogen and oxygen atoms in total. The number of rotatable bonds is 6. The Labute approximate surface area is 111 Å². The zero-order chi connectivity index (χ0) is 12.0. The summed E-state index contributed by atoms with van der Waals surface area (Å²) >= 11 is 2.27. The van der Waals surface area contributed by atoms with Crippen LogP contribution in [0.4, 0.5) is 0 Å². The van der Waals surface area contributed by atoms with E-state index in [4.69, 9.17) is 0 Å².